The van der Waals surface area contributed by atoms with Crippen molar-refractivity contribution in [3.05, 3.63) is 95.0 Å². The van der Waals surface area contributed by atoms with Crippen LogP contribution in [0, 0.1) is 0 Å². The second-order valence-electron chi connectivity index (χ2n) is 8.61. The zero-order valence-electron chi connectivity index (χ0n) is 20.9. The number of hydrogen-bond donors (Lipinski definition) is 1. The van der Waals surface area contributed by atoms with E-state index >= 15 is 0 Å². The van der Waals surface area contributed by atoms with Gasteiger partial charge in [-0.1, -0.05) is 73.1 Å². The molecule has 3 rings (SSSR count). The Hall–Kier alpha value is -3.51. The fraction of sp³-hybridized carbons (Fsp3) is 0.310. The van der Waals surface area contributed by atoms with E-state index in [1.54, 1.807) is 36.3 Å². The number of methoxy groups -OCH3 is 1. The van der Waals surface area contributed by atoms with Crippen LogP contribution in [0.1, 0.15) is 31.4 Å². The lowest BCUT2D eigenvalue weighted by atomic mass is 10.0. The van der Waals surface area contributed by atoms with E-state index in [1.165, 1.54) is 0 Å². The van der Waals surface area contributed by atoms with E-state index < -0.39 is 6.04 Å². The first-order valence-electron chi connectivity index (χ1n) is 12.0. The summed E-state index contributed by atoms with van der Waals surface area (Å²) in [6, 6.07) is 23.4. The second kappa shape index (κ2) is 13.5. The molecule has 0 aromatic heterocycles. The quantitative estimate of drug-likeness (QED) is 0.361. The van der Waals surface area contributed by atoms with Gasteiger partial charge in [-0.2, -0.15) is 0 Å². The zero-order chi connectivity index (χ0) is 25.9. The maximum Gasteiger partial charge on any atom is 0.261 e. The molecule has 0 radical (unpaired) electrons. The largest absolute Gasteiger partial charge is 0.493 e. The van der Waals surface area contributed by atoms with Crippen LogP contribution >= 0.6 is 11.6 Å². The zero-order valence-corrected chi connectivity index (χ0v) is 21.7. The number of amides is 2. The van der Waals surface area contributed by atoms with E-state index in [1.807, 2.05) is 68.4 Å². The SMILES string of the molecule is CC[C@@H](C)NC(=O)[C@H](Cc1ccccc1)N(Cc1cccc(Cl)c1)C(=O)COc1ccccc1OC. The molecule has 1 N–H and O–H groups in total. The van der Waals surface area contributed by atoms with Gasteiger partial charge in [-0.15, -0.1) is 0 Å². The molecule has 0 aliphatic rings. The third kappa shape index (κ3) is 7.75. The van der Waals surface area contributed by atoms with Gasteiger partial charge in [0.05, 0.1) is 7.11 Å². The predicted octanol–water partition coefficient (Wildman–Crippen LogP) is 5.28. The second-order valence-corrected chi connectivity index (χ2v) is 9.05. The third-order valence-electron chi connectivity index (χ3n) is 5.93. The van der Waals surface area contributed by atoms with E-state index in [-0.39, 0.29) is 31.0 Å². The summed E-state index contributed by atoms with van der Waals surface area (Å²) in [6.07, 6.45) is 1.15. The molecule has 0 saturated heterocycles. The molecule has 3 aromatic rings. The summed E-state index contributed by atoms with van der Waals surface area (Å²) < 4.78 is 11.2. The lowest BCUT2D eigenvalue weighted by molar-refractivity contribution is -0.143. The highest BCUT2D eigenvalue weighted by Crippen LogP contribution is 2.26. The van der Waals surface area contributed by atoms with Gasteiger partial charge >= 0.3 is 0 Å². The number of hydrogen-bond acceptors (Lipinski definition) is 4. The van der Waals surface area contributed by atoms with Crippen LogP contribution in [0.2, 0.25) is 5.02 Å². The highest BCUT2D eigenvalue weighted by atomic mass is 35.5. The van der Waals surface area contributed by atoms with Gasteiger partial charge in [0.1, 0.15) is 6.04 Å². The van der Waals surface area contributed by atoms with Gasteiger partial charge in [-0.3, -0.25) is 9.59 Å². The van der Waals surface area contributed by atoms with E-state index in [0.717, 1.165) is 17.5 Å². The van der Waals surface area contributed by atoms with Crippen LogP contribution in [0.5, 0.6) is 11.5 Å². The first-order chi connectivity index (χ1) is 17.4. The smallest absolute Gasteiger partial charge is 0.261 e. The Labute approximate surface area is 218 Å². The predicted molar refractivity (Wildman–Crippen MR) is 142 cm³/mol. The van der Waals surface area contributed by atoms with Gasteiger partial charge < -0.3 is 19.7 Å². The Morgan fingerprint density at radius 1 is 0.944 bits per heavy atom. The van der Waals surface area contributed by atoms with Crippen molar-refractivity contribution in [2.45, 2.75) is 45.3 Å². The van der Waals surface area contributed by atoms with Gasteiger partial charge in [-0.05, 0) is 48.7 Å². The number of nitrogens with zero attached hydrogens (tertiary/aromatic N) is 1. The fourth-order valence-electron chi connectivity index (χ4n) is 3.79. The molecule has 0 bridgehead atoms. The lowest BCUT2D eigenvalue weighted by Crippen LogP contribution is -2.53. The van der Waals surface area contributed by atoms with E-state index in [2.05, 4.69) is 5.32 Å². The third-order valence-corrected chi connectivity index (χ3v) is 6.17. The Kier molecular flexibility index (Phi) is 10.2. The molecule has 2 amide bonds. The van der Waals surface area contributed by atoms with Crippen molar-refractivity contribution in [1.29, 1.82) is 0 Å². The number of benzene rings is 3. The fourth-order valence-corrected chi connectivity index (χ4v) is 4.00. The Bertz CT molecular complexity index is 1140. The highest BCUT2D eigenvalue weighted by Gasteiger charge is 2.31. The van der Waals surface area contributed by atoms with Crippen LogP contribution in [-0.4, -0.2) is 42.5 Å². The highest BCUT2D eigenvalue weighted by molar-refractivity contribution is 6.30. The Morgan fingerprint density at radius 2 is 1.61 bits per heavy atom. The topological polar surface area (TPSA) is 67.9 Å². The molecule has 0 fully saturated rings. The number of ether oxygens (including phenoxy) is 2. The van der Waals surface area contributed by atoms with Crippen molar-refractivity contribution in [1.82, 2.24) is 10.2 Å². The number of carbonyl (C=O) groups is 2. The minimum absolute atomic E-state index is 0.0243. The van der Waals surface area contributed by atoms with Crippen molar-refractivity contribution in [2.24, 2.45) is 0 Å². The number of carbonyl (C=O) groups excluding carboxylic acids is 2. The molecule has 0 heterocycles. The lowest BCUT2D eigenvalue weighted by Gasteiger charge is -2.32. The monoisotopic (exact) mass is 508 g/mol. The molecule has 36 heavy (non-hydrogen) atoms. The first kappa shape index (κ1) is 27.1. The molecule has 0 unspecified atom stereocenters. The van der Waals surface area contributed by atoms with Crippen LogP contribution in [0.25, 0.3) is 0 Å². The summed E-state index contributed by atoms with van der Waals surface area (Å²) in [4.78, 5) is 28.7. The van der Waals surface area contributed by atoms with Crippen LogP contribution in [0.4, 0.5) is 0 Å². The Balaban J connectivity index is 1.93. The van der Waals surface area contributed by atoms with Crippen molar-refractivity contribution >= 4 is 23.4 Å². The summed E-state index contributed by atoms with van der Waals surface area (Å²) in [6.45, 7) is 3.92. The molecular weight excluding hydrogens is 476 g/mol. The average molecular weight is 509 g/mol. The standard InChI is InChI=1S/C29H33ClN2O4/c1-4-21(2)31-29(34)25(18-22-11-6-5-7-12-22)32(19-23-13-10-14-24(30)17-23)28(33)20-36-27-16-9-8-15-26(27)35-3/h5-17,21,25H,4,18-20H2,1-3H3,(H,31,34)/t21-,25+/m1/s1. The maximum absolute atomic E-state index is 13.6. The minimum atomic E-state index is -0.742. The number of nitrogens with one attached hydrogen (secondary N) is 1. The van der Waals surface area contributed by atoms with E-state index in [0.29, 0.717) is 22.9 Å². The summed E-state index contributed by atoms with van der Waals surface area (Å²) in [7, 11) is 1.55. The first-order valence-corrected chi connectivity index (χ1v) is 12.4. The molecule has 7 heteroatoms. The number of rotatable bonds is 12. The van der Waals surface area contributed by atoms with Gasteiger partial charge in [-0.25, -0.2) is 0 Å². The molecule has 0 aliphatic carbocycles. The van der Waals surface area contributed by atoms with Crippen molar-refractivity contribution in [3.8, 4) is 11.5 Å². The van der Waals surface area contributed by atoms with Crippen molar-refractivity contribution in [2.75, 3.05) is 13.7 Å². The summed E-state index contributed by atoms with van der Waals surface area (Å²) in [5.41, 5.74) is 1.78. The molecule has 0 aliphatic heterocycles. The van der Waals surface area contributed by atoms with E-state index in [4.69, 9.17) is 21.1 Å². The van der Waals surface area contributed by atoms with Gasteiger partial charge in [0.15, 0.2) is 18.1 Å². The normalized spacial score (nSPS) is 12.3. The van der Waals surface area contributed by atoms with Gasteiger partial charge in [0, 0.05) is 24.0 Å². The van der Waals surface area contributed by atoms with Crippen LogP contribution in [-0.2, 0) is 22.6 Å². The summed E-state index contributed by atoms with van der Waals surface area (Å²) in [5.74, 6) is 0.462. The van der Waals surface area contributed by atoms with Crippen molar-refractivity contribution in [3.63, 3.8) is 0 Å². The van der Waals surface area contributed by atoms with Gasteiger partial charge in [0.2, 0.25) is 5.91 Å². The molecular formula is C29H33ClN2O4. The van der Waals surface area contributed by atoms with Crippen molar-refractivity contribution < 1.29 is 19.1 Å². The molecule has 2 atom stereocenters. The molecule has 3 aromatic carbocycles. The Morgan fingerprint density at radius 3 is 2.28 bits per heavy atom. The van der Waals surface area contributed by atoms with E-state index in [9.17, 15) is 9.59 Å². The minimum Gasteiger partial charge on any atom is -0.493 e. The average Bonchev–Trinajstić information content (AvgIpc) is 2.89. The number of para-hydroxylation sites is 2. The number of halogens is 1. The molecule has 0 spiro atoms. The van der Waals surface area contributed by atoms with Crippen LogP contribution in [0.3, 0.4) is 0 Å². The molecule has 190 valence electrons. The van der Waals surface area contributed by atoms with Crippen LogP contribution < -0.4 is 14.8 Å². The molecule has 0 saturated carbocycles. The summed E-state index contributed by atoms with van der Waals surface area (Å²) in [5, 5.41) is 3.62. The van der Waals surface area contributed by atoms with Crippen LogP contribution in [0.15, 0.2) is 78.9 Å². The maximum atomic E-state index is 13.6. The summed E-state index contributed by atoms with van der Waals surface area (Å²) >= 11 is 6.22. The van der Waals surface area contributed by atoms with Gasteiger partial charge in [0.25, 0.3) is 5.91 Å². The molecule has 6 nitrogen and oxygen atoms in total.